The average molecular weight is 291 g/mol. The van der Waals surface area contributed by atoms with Crippen LogP contribution in [0.25, 0.3) is 0 Å². The summed E-state index contributed by atoms with van der Waals surface area (Å²) in [4.78, 5) is 14.7. The summed E-state index contributed by atoms with van der Waals surface area (Å²) in [6.07, 6.45) is 2.99. The van der Waals surface area contributed by atoms with Gasteiger partial charge in [0.05, 0.1) is 11.5 Å². The number of thiocarbonyl (C=S) groups is 1. The van der Waals surface area contributed by atoms with E-state index in [1.807, 2.05) is 31.2 Å². The molecular weight excluding hydrogens is 270 g/mol. The third-order valence-corrected chi connectivity index (χ3v) is 3.59. The van der Waals surface area contributed by atoms with Gasteiger partial charge in [0.2, 0.25) is 5.91 Å². The molecule has 0 heterocycles. The van der Waals surface area contributed by atoms with Gasteiger partial charge in [-0.3, -0.25) is 9.69 Å². The molecule has 4 nitrogen and oxygen atoms in total. The second-order valence-corrected chi connectivity index (χ2v) is 5.86. The van der Waals surface area contributed by atoms with Crippen LogP contribution in [0, 0.1) is 6.92 Å². The molecule has 5 heteroatoms. The first kappa shape index (κ1) is 14.9. The van der Waals surface area contributed by atoms with Crippen LogP contribution in [0.3, 0.4) is 0 Å². The van der Waals surface area contributed by atoms with Crippen molar-refractivity contribution in [1.29, 1.82) is 0 Å². The molecule has 1 amide bonds. The Balaban J connectivity index is 1.84. The number of amides is 1. The van der Waals surface area contributed by atoms with E-state index in [1.54, 1.807) is 0 Å². The average Bonchev–Trinajstić information content (AvgIpc) is 3.21. The van der Waals surface area contributed by atoms with Crippen LogP contribution in [0.4, 0.5) is 5.69 Å². The molecule has 0 atom stereocenters. The maximum Gasteiger partial charge on any atom is 0.238 e. The monoisotopic (exact) mass is 291 g/mol. The molecular formula is C15H21N3OS. The smallest absolute Gasteiger partial charge is 0.238 e. The fourth-order valence-electron chi connectivity index (χ4n) is 2.11. The van der Waals surface area contributed by atoms with Crippen molar-refractivity contribution in [1.82, 2.24) is 4.90 Å². The number of nitrogens with two attached hydrogens (primary N) is 1. The number of nitrogens with zero attached hydrogens (tertiary/aromatic N) is 1. The van der Waals surface area contributed by atoms with Gasteiger partial charge >= 0.3 is 0 Å². The Morgan fingerprint density at radius 1 is 1.40 bits per heavy atom. The highest BCUT2D eigenvalue weighted by Crippen LogP contribution is 2.26. The van der Waals surface area contributed by atoms with Gasteiger partial charge < -0.3 is 11.1 Å². The molecule has 1 aliphatic rings. The minimum atomic E-state index is 0.0173. The van der Waals surface area contributed by atoms with E-state index in [4.69, 9.17) is 18.0 Å². The Bertz CT molecular complexity index is 482. The van der Waals surface area contributed by atoms with Crippen LogP contribution < -0.4 is 11.1 Å². The number of hydrogen-bond donors (Lipinski definition) is 2. The lowest BCUT2D eigenvalue weighted by Crippen LogP contribution is -2.36. The lowest BCUT2D eigenvalue weighted by atomic mass is 10.2. The minimum absolute atomic E-state index is 0.0173. The van der Waals surface area contributed by atoms with Gasteiger partial charge in [0.15, 0.2) is 0 Å². The summed E-state index contributed by atoms with van der Waals surface area (Å²) in [5, 5.41) is 2.93. The largest absolute Gasteiger partial charge is 0.393 e. The Labute approximate surface area is 125 Å². The molecule has 1 aromatic rings. The van der Waals surface area contributed by atoms with Crippen molar-refractivity contribution in [2.75, 3.05) is 18.4 Å². The molecule has 1 saturated carbocycles. The van der Waals surface area contributed by atoms with Crippen LogP contribution >= 0.6 is 12.2 Å². The van der Waals surface area contributed by atoms with E-state index < -0.39 is 0 Å². The lowest BCUT2D eigenvalue weighted by molar-refractivity contribution is -0.117. The van der Waals surface area contributed by atoms with Gasteiger partial charge in [-0.05, 0) is 31.9 Å². The van der Waals surface area contributed by atoms with Gasteiger partial charge in [-0.2, -0.15) is 0 Å². The Kier molecular flexibility index (Phi) is 5.09. The zero-order chi connectivity index (χ0) is 14.5. The highest BCUT2D eigenvalue weighted by atomic mass is 32.1. The number of nitrogens with one attached hydrogen (secondary N) is 1. The lowest BCUT2D eigenvalue weighted by Gasteiger charge is -2.21. The molecule has 1 aliphatic carbocycles. The van der Waals surface area contributed by atoms with E-state index in [0.29, 0.717) is 24.0 Å². The summed E-state index contributed by atoms with van der Waals surface area (Å²) in [5.74, 6) is 0.0173. The van der Waals surface area contributed by atoms with Gasteiger partial charge in [-0.15, -0.1) is 0 Å². The molecule has 0 unspecified atom stereocenters. The number of benzene rings is 1. The van der Waals surface area contributed by atoms with Crippen molar-refractivity contribution in [3.8, 4) is 0 Å². The second kappa shape index (κ2) is 6.81. The van der Waals surface area contributed by atoms with E-state index in [1.165, 1.54) is 5.56 Å². The minimum Gasteiger partial charge on any atom is -0.393 e. The molecule has 2 rings (SSSR count). The topological polar surface area (TPSA) is 58.4 Å². The van der Waals surface area contributed by atoms with Crippen molar-refractivity contribution in [3.63, 3.8) is 0 Å². The molecule has 3 N–H and O–H groups in total. The highest BCUT2D eigenvalue weighted by Gasteiger charge is 2.29. The van der Waals surface area contributed by atoms with E-state index in [0.717, 1.165) is 25.1 Å². The third-order valence-electron chi connectivity index (χ3n) is 3.39. The predicted octanol–water partition coefficient (Wildman–Crippen LogP) is 2.07. The van der Waals surface area contributed by atoms with Gasteiger partial charge in [0.25, 0.3) is 0 Å². The number of anilines is 1. The molecule has 0 saturated heterocycles. The summed E-state index contributed by atoms with van der Waals surface area (Å²) in [5.41, 5.74) is 7.55. The second-order valence-electron chi connectivity index (χ2n) is 5.33. The van der Waals surface area contributed by atoms with Crippen molar-refractivity contribution in [2.24, 2.45) is 5.73 Å². The SMILES string of the molecule is Cc1ccc(NC(=O)CN(CCC(N)=S)C2CC2)cc1. The fraction of sp³-hybridized carbons (Fsp3) is 0.467. The van der Waals surface area contributed by atoms with Gasteiger partial charge in [-0.25, -0.2) is 0 Å². The maximum absolute atomic E-state index is 12.1. The fourth-order valence-corrected chi connectivity index (χ4v) is 2.20. The first-order chi connectivity index (χ1) is 9.54. The van der Waals surface area contributed by atoms with Gasteiger partial charge in [0.1, 0.15) is 0 Å². The number of carbonyl (C=O) groups excluding carboxylic acids is 1. The highest BCUT2D eigenvalue weighted by molar-refractivity contribution is 7.80. The van der Waals surface area contributed by atoms with Crippen LogP contribution in [-0.4, -0.2) is 34.9 Å². The molecule has 0 spiro atoms. The van der Waals surface area contributed by atoms with Crippen molar-refractivity contribution >= 4 is 28.8 Å². The van der Waals surface area contributed by atoms with E-state index in [2.05, 4.69) is 10.2 Å². The molecule has 0 radical (unpaired) electrons. The Morgan fingerprint density at radius 2 is 2.05 bits per heavy atom. The van der Waals surface area contributed by atoms with Gasteiger partial charge in [-0.1, -0.05) is 29.9 Å². The number of aryl methyl sites for hydroxylation is 1. The summed E-state index contributed by atoms with van der Waals surface area (Å²) in [7, 11) is 0. The van der Waals surface area contributed by atoms with E-state index in [-0.39, 0.29) is 5.91 Å². The molecule has 0 aromatic heterocycles. The standard InChI is InChI=1S/C15H21N3OS/c1-11-2-4-12(5-3-11)17-15(19)10-18(13-6-7-13)9-8-14(16)20/h2-5,13H,6-10H2,1H3,(H2,16,20)(H,17,19). The van der Waals surface area contributed by atoms with Crippen LogP contribution in [0.2, 0.25) is 0 Å². The molecule has 20 heavy (non-hydrogen) atoms. The van der Waals surface area contributed by atoms with Crippen LogP contribution in [0.5, 0.6) is 0 Å². The van der Waals surface area contributed by atoms with Gasteiger partial charge in [0, 0.05) is 24.7 Å². The van der Waals surface area contributed by atoms with Crippen LogP contribution in [0.1, 0.15) is 24.8 Å². The van der Waals surface area contributed by atoms with Crippen molar-refractivity contribution < 1.29 is 4.79 Å². The summed E-state index contributed by atoms with van der Waals surface area (Å²) < 4.78 is 0. The first-order valence-corrected chi connectivity index (χ1v) is 7.34. The maximum atomic E-state index is 12.1. The Hall–Kier alpha value is -1.46. The summed E-state index contributed by atoms with van der Waals surface area (Å²) in [6.45, 7) is 3.19. The van der Waals surface area contributed by atoms with Crippen LogP contribution in [-0.2, 0) is 4.79 Å². The predicted molar refractivity (Wildman–Crippen MR) is 85.8 cm³/mol. The molecule has 108 valence electrons. The number of carbonyl (C=O) groups is 1. The van der Waals surface area contributed by atoms with E-state index in [9.17, 15) is 4.79 Å². The zero-order valence-electron chi connectivity index (χ0n) is 11.8. The van der Waals surface area contributed by atoms with Crippen LogP contribution in [0.15, 0.2) is 24.3 Å². The third kappa shape index (κ3) is 4.90. The summed E-state index contributed by atoms with van der Waals surface area (Å²) in [6, 6.07) is 8.34. The van der Waals surface area contributed by atoms with Crippen molar-refractivity contribution in [3.05, 3.63) is 29.8 Å². The Morgan fingerprint density at radius 3 is 2.60 bits per heavy atom. The summed E-state index contributed by atoms with van der Waals surface area (Å²) >= 11 is 4.90. The van der Waals surface area contributed by atoms with Crippen molar-refractivity contribution in [2.45, 2.75) is 32.2 Å². The zero-order valence-corrected chi connectivity index (χ0v) is 12.6. The quantitative estimate of drug-likeness (QED) is 0.755. The molecule has 0 bridgehead atoms. The van der Waals surface area contributed by atoms with E-state index >= 15 is 0 Å². The molecule has 1 aromatic carbocycles. The molecule has 0 aliphatic heterocycles. The number of hydrogen-bond acceptors (Lipinski definition) is 3. The first-order valence-electron chi connectivity index (χ1n) is 6.93. The molecule has 1 fully saturated rings. The normalized spacial score (nSPS) is 14.3. The number of rotatable bonds is 7.